The van der Waals surface area contributed by atoms with Crippen LogP contribution >= 0.6 is 11.3 Å². The molecule has 26 heavy (non-hydrogen) atoms. The van der Waals surface area contributed by atoms with Gasteiger partial charge in [-0.3, -0.25) is 9.69 Å². The zero-order chi connectivity index (χ0) is 18.8. The van der Waals surface area contributed by atoms with E-state index in [4.69, 9.17) is 4.74 Å². The van der Waals surface area contributed by atoms with Crippen molar-refractivity contribution in [3.05, 3.63) is 34.2 Å². The summed E-state index contributed by atoms with van der Waals surface area (Å²) in [7, 11) is 0. The molecule has 0 unspecified atom stereocenters. The van der Waals surface area contributed by atoms with Crippen LogP contribution in [0, 0.1) is 20.8 Å². The van der Waals surface area contributed by atoms with E-state index in [-0.39, 0.29) is 18.1 Å². The number of amides is 1. The second kappa shape index (κ2) is 7.86. The third-order valence-corrected chi connectivity index (χ3v) is 5.49. The van der Waals surface area contributed by atoms with E-state index in [1.807, 2.05) is 19.2 Å². The van der Waals surface area contributed by atoms with E-state index in [1.54, 1.807) is 0 Å². The first kappa shape index (κ1) is 19.0. The minimum absolute atomic E-state index is 0.0241. The van der Waals surface area contributed by atoms with Gasteiger partial charge in [-0.1, -0.05) is 6.07 Å². The number of morpholine rings is 1. The number of carbonyl (C=O) groups is 1. The van der Waals surface area contributed by atoms with Gasteiger partial charge in [0.15, 0.2) is 5.13 Å². The molecule has 2 heterocycles. The molecule has 1 aliphatic heterocycles. The Bertz CT molecular complexity index is 792. The average molecular weight is 374 g/mol. The molecule has 0 aliphatic carbocycles. The normalized spacial score (nSPS) is 21.0. The van der Waals surface area contributed by atoms with Crippen molar-refractivity contribution in [3.63, 3.8) is 0 Å². The molecule has 0 spiro atoms. The first-order valence-corrected chi connectivity index (χ1v) is 9.91. The van der Waals surface area contributed by atoms with Crippen LogP contribution in [0.25, 0.3) is 11.3 Å². The number of hydrogen-bond acceptors (Lipinski definition) is 5. The number of hydrogen-bond donors (Lipinski definition) is 1. The predicted octanol–water partition coefficient (Wildman–Crippen LogP) is 3.78. The molecule has 1 aromatic heterocycles. The van der Waals surface area contributed by atoms with Crippen LogP contribution in [0.5, 0.6) is 0 Å². The van der Waals surface area contributed by atoms with E-state index >= 15 is 0 Å². The third kappa shape index (κ3) is 4.50. The van der Waals surface area contributed by atoms with Crippen LogP contribution < -0.4 is 5.32 Å². The molecule has 0 radical (unpaired) electrons. The van der Waals surface area contributed by atoms with Crippen molar-refractivity contribution < 1.29 is 9.53 Å². The molecule has 140 valence electrons. The third-order valence-electron chi connectivity index (χ3n) is 4.73. The van der Waals surface area contributed by atoms with Crippen molar-refractivity contribution in [1.82, 2.24) is 9.88 Å². The Kier molecular flexibility index (Phi) is 5.75. The fourth-order valence-corrected chi connectivity index (χ4v) is 4.19. The van der Waals surface area contributed by atoms with E-state index in [2.05, 4.69) is 48.1 Å². The van der Waals surface area contributed by atoms with Gasteiger partial charge in [0.1, 0.15) is 0 Å². The van der Waals surface area contributed by atoms with Crippen LogP contribution in [0.15, 0.2) is 17.5 Å². The number of anilines is 1. The summed E-state index contributed by atoms with van der Waals surface area (Å²) in [6.45, 7) is 12.3. The molecule has 2 aromatic rings. The van der Waals surface area contributed by atoms with Crippen LogP contribution in [0.4, 0.5) is 5.13 Å². The lowest BCUT2D eigenvalue weighted by Crippen LogP contribution is -2.48. The Hall–Kier alpha value is -1.76. The monoisotopic (exact) mass is 373 g/mol. The molecule has 1 aliphatic rings. The van der Waals surface area contributed by atoms with E-state index in [0.29, 0.717) is 11.7 Å². The second-order valence-corrected chi connectivity index (χ2v) is 8.15. The first-order chi connectivity index (χ1) is 12.3. The van der Waals surface area contributed by atoms with E-state index in [0.717, 1.165) is 24.3 Å². The number of aryl methyl sites for hydroxylation is 3. The van der Waals surface area contributed by atoms with Gasteiger partial charge < -0.3 is 10.1 Å². The van der Waals surface area contributed by atoms with Gasteiger partial charge in [0.2, 0.25) is 5.91 Å². The van der Waals surface area contributed by atoms with Crippen molar-refractivity contribution in [2.45, 2.75) is 46.8 Å². The lowest BCUT2D eigenvalue weighted by molar-refractivity contribution is -0.121. The van der Waals surface area contributed by atoms with Gasteiger partial charge in [-0.25, -0.2) is 4.98 Å². The van der Waals surface area contributed by atoms with Gasteiger partial charge in [0.05, 0.1) is 24.4 Å². The van der Waals surface area contributed by atoms with E-state index in [9.17, 15) is 4.79 Å². The molecule has 1 aromatic carbocycles. The highest BCUT2D eigenvalue weighted by atomic mass is 32.1. The summed E-state index contributed by atoms with van der Waals surface area (Å²) < 4.78 is 5.71. The molecule has 5 nitrogen and oxygen atoms in total. The van der Waals surface area contributed by atoms with Gasteiger partial charge in [0.25, 0.3) is 0 Å². The number of carbonyl (C=O) groups excluding carboxylic acids is 1. The van der Waals surface area contributed by atoms with Crippen molar-refractivity contribution in [1.29, 1.82) is 0 Å². The van der Waals surface area contributed by atoms with Crippen LogP contribution in [-0.4, -0.2) is 47.6 Å². The maximum absolute atomic E-state index is 12.4. The summed E-state index contributed by atoms with van der Waals surface area (Å²) in [5, 5.41) is 5.60. The van der Waals surface area contributed by atoms with Gasteiger partial charge in [-0.2, -0.15) is 0 Å². The van der Waals surface area contributed by atoms with Crippen LogP contribution in [0.3, 0.4) is 0 Å². The maximum Gasteiger partial charge on any atom is 0.240 e. The summed E-state index contributed by atoms with van der Waals surface area (Å²) in [4.78, 5) is 19.1. The highest BCUT2D eigenvalue weighted by Gasteiger charge is 2.24. The molecule has 2 atom stereocenters. The Labute approximate surface area is 159 Å². The second-order valence-electron chi connectivity index (χ2n) is 7.29. The summed E-state index contributed by atoms with van der Waals surface area (Å²) >= 11 is 1.47. The molecular formula is C20H27N3O2S. The van der Waals surface area contributed by atoms with Crippen molar-refractivity contribution in [2.75, 3.05) is 25.0 Å². The lowest BCUT2D eigenvalue weighted by Gasteiger charge is -2.34. The molecule has 1 saturated heterocycles. The van der Waals surface area contributed by atoms with Gasteiger partial charge in [-0.05, 0) is 57.4 Å². The first-order valence-electron chi connectivity index (χ1n) is 9.03. The number of ether oxygens (including phenoxy) is 1. The number of nitrogens with zero attached hydrogens (tertiary/aromatic N) is 2. The quantitative estimate of drug-likeness (QED) is 0.886. The van der Waals surface area contributed by atoms with Crippen molar-refractivity contribution in [3.8, 4) is 11.3 Å². The fourth-order valence-electron chi connectivity index (χ4n) is 3.47. The number of benzene rings is 1. The highest BCUT2D eigenvalue weighted by molar-refractivity contribution is 7.14. The van der Waals surface area contributed by atoms with Crippen LogP contribution in [0.2, 0.25) is 0 Å². The maximum atomic E-state index is 12.4. The SMILES string of the molecule is Cc1cc(C)c(-c2csc(NC(=O)CN3C[C@H](C)O[C@@H](C)C3)n2)cc1C. The Morgan fingerprint density at radius 1 is 1.19 bits per heavy atom. The average Bonchev–Trinajstić information content (AvgIpc) is 2.97. The Morgan fingerprint density at radius 2 is 1.85 bits per heavy atom. The zero-order valence-electron chi connectivity index (χ0n) is 16.1. The molecule has 1 N–H and O–H groups in total. The largest absolute Gasteiger partial charge is 0.373 e. The smallest absolute Gasteiger partial charge is 0.240 e. The minimum atomic E-state index is -0.0241. The molecular weight excluding hydrogens is 346 g/mol. The topological polar surface area (TPSA) is 54.5 Å². The molecule has 0 bridgehead atoms. The summed E-state index contributed by atoms with van der Waals surface area (Å²) in [5.74, 6) is -0.0241. The summed E-state index contributed by atoms with van der Waals surface area (Å²) in [5.41, 5.74) is 5.77. The van der Waals surface area contributed by atoms with E-state index in [1.165, 1.54) is 28.0 Å². The van der Waals surface area contributed by atoms with Gasteiger partial charge in [0, 0.05) is 24.0 Å². The predicted molar refractivity (Wildman–Crippen MR) is 107 cm³/mol. The Balaban J connectivity index is 1.65. The van der Waals surface area contributed by atoms with Crippen LogP contribution in [0.1, 0.15) is 30.5 Å². The standard InChI is InChI=1S/C20H27N3O2S/c1-12-6-14(3)17(7-13(12)2)18-11-26-20(21-18)22-19(24)10-23-8-15(4)25-16(5)9-23/h6-7,11,15-16H,8-10H2,1-5H3,(H,21,22,24)/t15-,16-/m0/s1. The number of thiazole rings is 1. The summed E-state index contributed by atoms with van der Waals surface area (Å²) in [6.07, 6.45) is 0.316. The van der Waals surface area contributed by atoms with Gasteiger partial charge in [-0.15, -0.1) is 11.3 Å². The number of rotatable bonds is 4. The highest BCUT2D eigenvalue weighted by Crippen LogP contribution is 2.29. The number of nitrogens with one attached hydrogen (secondary N) is 1. The Morgan fingerprint density at radius 3 is 2.54 bits per heavy atom. The van der Waals surface area contributed by atoms with Gasteiger partial charge >= 0.3 is 0 Å². The van der Waals surface area contributed by atoms with Crippen molar-refractivity contribution >= 4 is 22.4 Å². The molecule has 1 amide bonds. The lowest BCUT2D eigenvalue weighted by atomic mass is 9.99. The molecule has 6 heteroatoms. The molecule has 1 fully saturated rings. The number of aromatic nitrogens is 1. The summed E-state index contributed by atoms with van der Waals surface area (Å²) in [6, 6.07) is 4.35. The minimum Gasteiger partial charge on any atom is -0.373 e. The van der Waals surface area contributed by atoms with Crippen molar-refractivity contribution in [2.24, 2.45) is 0 Å². The zero-order valence-corrected chi connectivity index (χ0v) is 16.9. The van der Waals surface area contributed by atoms with Crippen LogP contribution in [-0.2, 0) is 9.53 Å². The fraction of sp³-hybridized carbons (Fsp3) is 0.500. The molecule has 0 saturated carbocycles. The molecule has 3 rings (SSSR count). The van der Waals surface area contributed by atoms with E-state index < -0.39 is 0 Å².